The van der Waals surface area contributed by atoms with E-state index < -0.39 is 15.8 Å². The number of rotatable bonds is 15. The average Bonchev–Trinajstić information content (AvgIpc) is 2.46. The molecule has 0 bridgehead atoms. The van der Waals surface area contributed by atoms with Crippen molar-refractivity contribution in [3.05, 3.63) is 0 Å². The SMILES string of the molecule is CC(C)(C)CCCC(O)CCCC(CCCCCCC(=O)O)S(C)(=O)=O. The third-order valence-electron chi connectivity index (χ3n) is 4.80. The van der Waals surface area contributed by atoms with Crippen molar-refractivity contribution in [1.82, 2.24) is 0 Å². The zero-order valence-electron chi connectivity index (χ0n) is 17.2. The van der Waals surface area contributed by atoms with Crippen molar-refractivity contribution in [1.29, 1.82) is 0 Å². The summed E-state index contributed by atoms with van der Waals surface area (Å²) in [5.41, 5.74) is 0.283. The Bertz CT molecular complexity index is 479. The molecule has 2 atom stereocenters. The van der Waals surface area contributed by atoms with E-state index >= 15 is 0 Å². The summed E-state index contributed by atoms with van der Waals surface area (Å²) in [6, 6.07) is 0. The van der Waals surface area contributed by atoms with E-state index in [1.807, 2.05) is 0 Å². The van der Waals surface area contributed by atoms with Crippen LogP contribution < -0.4 is 0 Å². The number of aliphatic hydroxyl groups is 1. The third kappa shape index (κ3) is 15.6. The van der Waals surface area contributed by atoms with E-state index in [0.29, 0.717) is 25.7 Å². The van der Waals surface area contributed by atoms with Crippen LogP contribution in [0.15, 0.2) is 0 Å². The molecule has 0 aromatic rings. The Kier molecular flexibility index (Phi) is 12.4. The van der Waals surface area contributed by atoms with Crippen LogP contribution in [0, 0.1) is 5.41 Å². The second kappa shape index (κ2) is 12.7. The van der Waals surface area contributed by atoms with Gasteiger partial charge < -0.3 is 10.2 Å². The topological polar surface area (TPSA) is 91.7 Å². The number of hydrogen-bond acceptors (Lipinski definition) is 4. The smallest absolute Gasteiger partial charge is 0.303 e. The molecule has 0 amide bonds. The van der Waals surface area contributed by atoms with Gasteiger partial charge in [0.15, 0.2) is 0 Å². The predicted molar refractivity (Wildman–Crippen MR) is 107 cm³/mol. The zero-order chi connectivity index (χ0) is 20.2. The number of carboxylic acid groups (broad SMARTS) is 1. The first-order chi connectivity index (χ1) is 11.9. The van der Waals surface area contributed by atoms with Crippen LogP contribution in [-0.4, -0.2) is 42.2 Å². The molecule has 0 rings (SSSR count). The van der Waals surface area contributed by atoms with E-state index in [9.17, 15) is 18.3 Å². The van der Waals surface area contributed by atoms with E-state index in [1.54, 1.807) is 0 Å². The Balaban J connectivity index is 4.03. The molecule has 0 heterocycles. The van der Waals surface area contributed by atoms with E-state index in [-0.39, 0.29) is 23.2 Å². The highest BCUT2D eigenvalue weighted by atomic mass is 32.2. The molecule has 0 aliphatic carbocycles. The summed E-state index contributed by atoms with van der Waals surface area (Å²) in [6.45, 7) is 6.58. The fourth-order valence-corrected chi connectivity index (χ4v) is 4.36. The summed E-state index contributed by atoms with van der Waals surface area (Å²) in [5, 5.41) is 18.3. The molecule has 26 heavy (non-hydrogen) atoms. The summed E-state index contributed by atoms with van der Waals surface area (Å²) >= 11 is 0. The van der Waals surface area contributed by atoms with Gasteiger partial charge in [0, 0.05) is 12.7 Å². The summed E-state index contributed by atoms with van der Waals surface area (Å²) in [5.74, 6) is -0.778. The van der Waals surface area contributed by atoms with Gasteiger partial charge in [0.1, 0.15) is 9.84 Å². The molecule has 2 unspecified atom stereocenters. The third-order valence-corrected chi connectivity index (χ3v) is 6.48. The highest BCUT2D eigenvalue weighted by Gasteiger charge is 2.20. The lowest BCUT2D eigenvalue weighted by atomic mass is 9.89. The van der Waals surface area contributed by atoms with Crippen LogP contribution in [0.1, 0.15) is 97.8 Å². The first-order valence-electron chi connectivity index (χ1n) is 10.0. The number of sulfone groups is 1. The van der Waals surface area contributed by atoms with Gasteiger partial charge in [-0.3, -0.25) is 4.79 Å². The largest absolute Gasteiger partial charge is 0.481 e. The highest BCUT2D eigenvalue weighted by molar-refractivity contribution is 7.91. The summed E-state index contributed by atoms with van der Waals surface area (Å²) < 4.78 is 23.9. The Hall–Kier alpha value is -0.620. The highest BCUT2D eigenvalue weighted by Crippen LogP contribution is 2.23. The monoisotopic (exact) mass is 392 g/mol. The van der Waals surface area contributed by atoms with Crippen molar-refractivity contribution in [3.8, 4) is 0 Å². The molecule has 0 aromatic heterocycles. The molecule has 0 saturated heterocycles. The minimum Gasteiger partial charge on any atom is -0.481 e. The van der Waals surface area contributed by atoms with Gasteiger partial charge in [-0.2, -0.15) is 0 Å². The van der Waals surface area contributed by atoms with Gasteiger partial charge >= 0.3 is 5.97 Å². The molecule has 0 spiro atoms. The minimum absolute atomic E-state index is 0.183. The second-order valence-corrected chi connectivity index (χ2v) is 11.2. The lowest BCUT2D eigenvalue weighted by Gasteiger charge is -2.19. The molecule has 0 aliphatic rings. The second-order valence-electron chi connectivity index (χ2n) is 8.84. The fraction of sp³-hybridized carbons (Fsp3) is 0.950. The number of aliphatic carboxylic acids is 1. The predicted octanol–water partition coefficient (Wildman–Crippen LogP) is 4.57. The Morgan fingerprint density at radius 2 is 1.42 bits per heavy atom. The van der Waals surface area contributed by atoms with Crippen LogP contribution in [0.4, 0.5) is 0 Å². The van der Waals surface area contributed by atoms with Gasteiger partial charge in [-0.1, -0.05) is 46.5 Å². The minimum atomic E-state index is -3.08. The first-order valence-corrected chi connectivity index (χ1v) is 12.0. The van der Waals surface area contributed by atoms with E-state index in [1.165, 1.54) is 6.26 Å². The zero-order valence-corrected chi connectivity index (χ0v) is 18.0. The molecule has 2 N–H and O–H groups in total. The van der Waals surface area contributed by atoms with E-state index in [2.05, 4.69) is 20.8 Å². The summed E-state index contributed by atoms with van der Waals surface area (Å²) in [4.78, 5) is 10.5. The number of carboxylic acids is 1. The van der Waals surface area contributed by atoms with Crippen molar-refractivity contribution < 1.29 is 23.4 Å². The Morgan fingerprint density at radius 1 is 0.885 bits per heavy atom. The van der Waals surface area contributed by atoms with Gasteiger partial charge in [0.2, 0.25) is 0 Å². The Labute approximate surface area is 160 Å². The van der Waals surface area contributed by atoms with Crippen molar-refractivity contribution >= 4 is 15.8 Å². The molecule has 0 radical (unpaired) electrons. The van der Waals surface area contributed by atoms with Crippen LogP contribution in [0.25, 0.3) is 0 Å². The van der Waals surface area contributed by atoms with Gasteiger partial charge in [-0.15, -0.1) is 0 Å². The summed E-state index contributed by atoms with van der Waals surface area (Å²) in [6.07, 6.45) is 9.78. The van der Waals surface area contributed by atoms with Crippen LogP contribution in [0.3, 0.4) is 0 Å². The lowest BCUT2D eigenvalue weighted by molar-refractivity contribution is -0.137. The molecule has 0 aliphatic heterocycles. The van der Waals surface area contributed by atoms with Crippen LogP contribution in [0.2, 0.25) is 0 Å². The van der Waals surface area contributed by atoms with Crippen LogP contribution >= 0.6 is 0 Å². The fourth-order valence-electron chi connectivity index (χ4n) is 3.17. The molecular weight excluding hydrogens is 352 g/mol. The first kappa shape index (κ1) is 25.4. The van der Waals surface area contributed by atoms with E-state index in [4.69, 9.17) is 5.11 Å². The summed E-state index contributed by atoms with van der Waals surface area (Å²) in [7, 11) is -3.08. The number of unbranched alkanes of at least 4 members (excludes halogenated alkanes) is 3. The van der Waals surface area contributed by atoms with Gasteiger partial charge in [0.05, 0.1) is 11.4 Å². The molecule has 0 saturated carbocycles. The molecule has 0 aromatic carbocycles. The lowest BCUT2D eigenvalue weighted by Crippen LogP contribution is -2.20. The van der Waals surface area contributed by atoms with Crippen molar-refractivity contribution in [2.75, 3.05) is 6.26 Å². The molecule has 0 fully saturated rings. The van der Waals surface area contributed by atoms with Crippen LogP contribution in [-0.2, 0) is 14.6 Å². The average molecular weight is 393 g/mol. The standard InChI is InChI=1S/C20H40O5S/c1-20(2,3)16-10-12-17(21)11-9-14-18(26(4,24)25)13-7-5-6-8-15-19(22)23/h17-18,21H,5-16H2,1-4H3,(H,22,23). The van der Waals surface area contributed by atoms with Gasteiger partial charge in [-0.25, -0.2) is 8.42 Å². The quantitative estimate of drug-likeness (QED) is 0.398. The van der Waals surface area contributed by atoms with Crippen LogP contribution in [0.5, 0.6) is 0 Å². The van der Waals surface area contributed by atoms with Gasteiger partial charge in [0.25, 0.3) is 0 Å². The molecule has 5 nitrogen and oxygen atoms in total. The number of hydrogen-bond donors (Lipinski definition) is 2. The van der Waals surface area contributed by atoms with Crippen molar-refractivity contribution in [3.63, 3.8) is 0 Å². The molecule has 6 heteroatoms. The molecule has 156 valence electrons. The van der Waals surface area contributed by atoms with E-state index in [0.717, 1.165) is 44.9 Å². The number of aliphatic hydroxyl groups excluding tert-OH is 1. The maximum Gasteiger partial charge on any atom is 0.303 e. The number of carbonyl (C=O) groups is 1. The van der Waals surface area contributed by atoms with Gasteiger partial charge in [-0.05, 0) is 50.4 Å². The normalized spacial score (nSPS) is 15.0. The van der Waals surface area contributed by atoms with Crippen molar-refractivity contribution in [2.45, 2.75) is 109 Å². The maximum atomic E-state index is 12.0. The molecular formula is C20H40O5S. The van der Waals surface area contributed by atoms with Crippen molar-refractivity contribution in [2.24, 2.45) is 5.41 Å². The maximum absolute atomic E-state index is 12.0. The Morgan fingerprint density at radius 3 is 1.96 bits per heavy atom.